The lowest BCUT2D eigenvalue weighted by Crippen LogP contribution is -2.26. The Labute approximate surface area is 118 Å². The lowest BCUT2D eigenvalue weighted by Gasteiger charge is -2.12. The van der Waals surface area contributed by atoms with Crippen LogP contribution in [0.5, 0.6) is 0 Å². The number of hydrogen-bond donors (Lipinski definition) is 1. The molecule has 19 heavy (non-hydrogen) atoms. The summed E-state index contributed by atoms with van der Waals surface area (Å²) in [4.78, 5) is 4.21. The fourth-order valence-electron chi connectivity index (χ4n) is 1.86. The molecule has 0 radical (unpaired) electrons. The molecule has 1 unspecified atom stereocenters. The normalized spacial score (nSPS) is 12.4. The van der Waals surface area contributed by atoms with E-state index in [2.05, 4.69) is 20.9 Å². The quantitative estimate of drug-likeness (QED) is 0.936. The van der Waals surface area contributed by atoms with Crippen molar-refractivity contribution in [1.29, 1.82) is 0 Å². The Morgan fingerprint density at radius 3 is 2.63 bits per heavy atom. The maximum absolute atomic E-state index is 13.5. The molecular weight excluding hydrogens is 314 g/mol. The number of nitrogens with two attached hydrogens (primary N) is 1. The Balaban J connectivity index is 2.03. The predicted octanol–water partition coefficient (Wildman–Crippen LogP) is 3.23. The molecule has 1 atom stereocenters. The van der Waals surface area contributed by atoms with Crippen LogP contribution >= 0.6 is 15.9 Å². The second-order valence-corrected chi connectivity index (χ2v) is 5.26. The van der Waals surface area contributed by atoms with Gasteiger partial charge in [-0.1, -0.05) is 12.1 Å². The Bertz CT molecular complexity index is 558. The molecule has 1 heterocycles. The highest BCUT2D eigenvalue weighted by Gasteiger charge is 2.12. The first-order valence-electron chi connectivity index (χ1n) is 5.85. The van der Waals surface area contributed by atoms with Gasteiger partial charge in [0.15, 0.2) is 11.6 Å². The molecule has 5 heteroatoms. The van der Waals surface area contributed by atoms with E-state index in [9.17, 15) is 8.78 Å². The smallest absolute Gasteiger partial charge is 0.162 e. The number of pyridine rings is 1. The second-order valence-electron chi connectivity index (χ2n) is 4.35. The van der Waals surface area contributed by atoms with Crippen molar-refractivity contribution in [3.8, 4) is 0 Å². The molecule has 0 saturated carbocycles. The van der Waals surface area contributed by atoms with Crippen LogP contribution in [0.3, 0.4) is 0 Å². The minimum Gasteiger partial charge on any atom is -0.327 e. The molecule has 1 aromatic carbocycles. The molecular formula is C14H13BrF2N2. The molecule has 2 nitrogen and oxygen atoms in total. The van der Waals surface area contributed by atoms with Crippen LogP contribution in [0.4, 0.5) is 8.78 Å². The zero-order valence-corrected chi connectivity index (χ0v) is 11.7. The molecule has 0 aliphatic rings. The zero-order chi connectivity index (χ0) is 13.8. The van der Waals surface area contributed by atoms with Crippen LogP contribution in [0.2, 0.25) is 0 Å². The third-order valence-electron chi connectivity index (χ3n) is 2.77. The van der Waals surface area contributed by atoms with Crippen LogP contribution in [0.1, 0.15) is 11.3 Å². The minimum absolute atomic E-state index is 0.279. The van der Waals surface area contributed by atoms with Gasteiger partial charge in [0.1, 0.15) is 0 Å². The number of aromatic nitrogens is 1. The van der Waals surface area contributed by atoms with E-state index in [-0.39, 0.29) is 12.5 Å². The van der Waals surface area contributed by atoms with E-state index in [0.717, 1.165) is 16.2 Å². The lowest BCUT2D eigenvalue weighted by atomic mass is 10.0. The number of hydrogen-bond acceptors (Lipinski definition) is 2. The number of benzene rings is 1. The topological polar surface area (TPSA) is 38.9 Å². The van der Waals surface area contributed by atoms with E-state index >= 15 is 0 Å². The summed E-state index contributed by atoms with van der Waals surface area (Å²) >= 11 is 3.30. The monoisotopic (exact) mass is 326 g/mol. The third-order valence-corrected chi connectivity index (χ3v) is 3.24. The van der Waals surface area contributed by atoms with Crippen LogP contribution < -0.4 is 5.73 Å². The highest BCUT2D eigenvalue weighted by atomic mass is 79.9. The van der Waals surface area contributed by atoms with Crippen molar-refractivity contribution in [2.24, 2.45) is 5.73 Å². The summed E-state index contributed by atoms with van der Waals surface area (Å²) in [5, 5.41) is 0. The van der Waals surface area contributed by atoms with Gasteiger partial charge in [0.2, 0.25) is 0 Å². The molecule has 0 aliphatic heterocycles. The predicted molar refractivity (Wildman–Crippen MR) is 73.7 cm³/mol. The first-order chi connectivity index (χ1) is 9.06. The summed E-state index contributed by atoms with van der Waals surface area (Å²) in [6, 6.07) is 7.56. The molecule has 1 aromatic heterocycles. The molecule has 2 aromatic rings. The van der Waals surface area contributed by atoms with Gasteiger partial charge in [0.05, 0.1) is 0 Å². The molecule has 0 amide bonds. The first kappa shape index (κ1) is 14.1. The number of nitrogens with zero attached hydrogens (tertiary/aromatic N) is 1. The van der Waals surface area contributed by atoms with Crippen molar-refractivity contribution in [2.75, 3.05) is 0 Å². The molecule has 100 valence electrons. The Morgan fingerprint density at radius 1 is 1.16 bits per heavy atom. The maximum atomic E-state index is 13.5. The summed E-state index contributed by atoms with van der Waals surface area (Å²) < 4.78 is 27.5. The van der Waals surface area contributed by atoms with Crippen LogP contribution in [-0.4, -0.2) is 11.0 Å². The van der Waals surface area contributed by atoms with Crippen molar-refractivity contribution >= 4 is 15.9 Å². The van der Waals surface area contributed by atoms with Crippen molar-refractivity contribution < 1.29 is 8.78 Å². The van der Waals surface area contributed by atoms with Gasteiger partial charge in [-0.05, 0) is 46.1 Å². The average Bonchev–Trinajstić information content (AvgIpc) is 2.38. The molecule has 0 saturated heterocycles. The van der Waals surface area contributed by atoms with E-state index in [0.29, 0.717) is 12.0 Å². The molecule has 2 N–H and O–H groups in total. The van der Waals surface area contributed by atoms with Crippen LogP contribution in [0.15, 0.2) is 41.0 Å². The fraction of sp³-hybridized carbons (Fsp3) is 0.214. The summed E-state index contributed by atoms with van der Waals surface area (Å²) in [5.41, 5.74) is 7.08. The van der Waals surface area contributed by atoms with E-state index in [1.54, 1.807) is 12.3 Å². The SMILES string of the molecule is NC(Cc1ccc(Br)cn1)Cc1cccc(F)c1F. The second kappa shape index (κ2) is 6.21. The standard InChI is InChI=1S/C14H13BrF2N2/c15-10-4-5-12(19-8-10)7-11(18)6-9-2-1-3-13(16)14(9)17/h1-5,8,11H,6-7,18H2. The maximum Gasteiger partial charge on any atom is 0.162 e. The van der Waals surface area contributed by atoms with Gasteiger partial charge in [-0.3, -0.25) is 4.98 Å². The van der Waals surface area contributed by atoms with E-state index in [4.69, 9.17) is 5.73 Å². The summed E-state index contributed by atoms with van der Waals surface area (Å²) in [6.45, 7) is 0. The average molecular weight is 327 g/mol. The Kier molecular flexibility index (Phi) is 4.61. The van der Waals surface area contributed by atoms with Crippen molar-refractivity contribution in [3.63, 3.8) is 0 Å². The summed E-state index contributed by atoms with van der Waals surface area (Å²) in [6.07, 6.45) is 2.48. The zero-order valence-electron chi connectivity index (χ0n) is 10.1. The van der Waals surface area contributed by atoms with Gasteiger partial charge in [-0.2, -0.15) is 0 Å². The van der Waals surface area contributed by atoms with Gasteiger partial charge < -0.3 is 5.73 Å². The molecule has 0 aliphatic carbocycles. The summed E-state index contributed by atoms with van der Waals surface area (Å²) in [7, 11) is 0. The summed E-state index contributed by atoms with van der Waals surface area (Å²) in [5.74, 6) is -1.66. The van der Waals surface area contributed by atoms with Crippen LogP contribution in [-0.2, 0) is 12.8 Å². The van der Waals surface area contributed by atoms with Crippen LogP contribution in [0.25, 0.3) is 0 Å². The van der Waals surface area contributed by atoms with Gasteiger partial charge >= 0.3 is 0 Å². The minimum atomic E-state index is -0.841. The largest absolute Gasteiger partial charge is 0.327 e. The van der Waals surface area contributed by atoms with Gasteiger partial charge in [-0.15, -0.1) is 0 Å². The van der Waals surface area contributed by atoms with Crippen LogP contribution in [0, 0.1) is 11.6 Å². The first-order valence-corrected chi connectivity index (χ1v) is 6.64. The van der Waals surface area contributed by atoms with Gasteiger partial charge in [0.25, 0.3) is 0 Å². The van der Waals surface area contributed by atoms with E-state index < -0.39 is 11.6 Å². The Morgan fingerprint density at radius 2 is 1.95 bits per heavy atom. The van der Waals surface area contributed by atoms with E-state index in [1.165, 1.54) is 6.07 Å². The highest BCUT2D eigenvalue weighted by Crippen LogP contribution is 2.14. The van der Waals surface area contributed by atoms with Crippen molar-refractivity contribution in [3.05, 3.63) is 63.9 Å². The number of halogens is 3. The fourth-order valence-corrected chi connectivity index (χ4v) is 2.09. The third kappa shape index (κ3) is 3.81. The Hall–Kier alpha value is -1.33. The van der Waals surface area contributed by atoms with Gasteiger partial charge in [-0.25, -0.2) is 8.78 Å². The molecule has 0 fully saturated rings. The highest BCUT2D eigenvalue weighted by molar-refractivity contribution is 9.10. The van der Waals surface area contributed by atoms with Gasteiger partial charge in [0, 0.05) is 28.8 Å². The molecule has 2 rings (SSSR count). The number of rotatable bonds is 4. The van der Waals surface area contributed by atoms with E-state index in [1.807, 2.05) is 12.1 Å². The molecule has 0 bridgehead atoms. The van der Waals surface area contributed by atoms with Crippen molar-refractivity contribution in [1.82, 2.24) is 4.98 Å². The lowest BCUT2D eigenvalue weighted by molar-refractivity contribution is 0.492. The molecule has 0 spiro atoms. The van der Waals surface area contributed by atoms with Crippen molar-refractivity contribution in [2.45, 2.75) is 18.9 Å².